The molecule has 0 spiro atoms. The number of rotatable bonds is 8. The van der Waals surface area contributed by atoms with Crippen LogP contribution < -0.4 is 5.32 Å². The average Bonchev–Trinajstić information content (AvgIpc) is 3.12. The summed E-state index contributed by atoms with van der Waals surface area (Å²) in [6.45, 7) is 5.81. The van der Waals surface area contributed by atoms with Crippen LogP contribution in [-0.2, 0) is 13.0 Å². The van der Waals surface area contributed by atoms with Gasteiger partial charge in [-0.3, -0.25) is 0 Å². The van der Waals surface area contributed by atoms with Gasteiger partial charge in [0.25, 0.3) is 0 Å². The third-order valence-electron chi connectivity index (χ3n) is 4.73. The van der Waals surface area contributed by atoms with E-state index in [0.717, 1.165) is 13.1 Å². The number of aryl methyl sites for hydroxylation is 1. The summed E-state index contributed by atoms with van der Waals surface area (Å²) < 4.78 is 2.15. The number of piperidine rings is 1. The van der Waals surface area contributed by atoms with Gasteiger partial charge in [-0.1, -0.05) is 30.3 Å². The van der Waals surface area contributed by atoms with Crippen LogP contribution in [0.15, 0.2) is 49.1 Å². The Hall–Kier alpha value is -1.65. The molecule has 4 nitrogen and oxygen atoms in total. The Morgan fingerprint density at radius 3 is 2.65 bits per heavy atom. The third kappa shape index (κ3) is 5.48. The van der Waals surface area contributed by atoms with Crippen molar-refractivity contribution < 1.29 is 0 Å². The molecule has 0 saturated carbocycles. The first-order chi connectivity index (χ1) is 11.4. The van der Waals surface area contributed by atoms with Crippen molar-refractivity contribution in [1.29, 1.82) is 0 Å². The Kier molecular flexibility index (Phi) is 6.24. The molecular weight excluding hydrogens is 284 g/mol. The summed E-state index contributed by atoms with van der Waals surface area (Å²) >= 11 is 0. The normalized spacial score (nSPS) is 16.7. The Morgan fingerprint density at radius 2 is 1.91 bits per heavy atom. The summed E-state index contributed by atoms with van der Waals surface area (Å²) in [5.41, 5.74) is 1.45. The van der Waals surface area contributed by atoms with Gasteiger partial charge >= 0.3 is 0 Å². The quantitative estimate of drug-likeness (QED) is 0.761. The van der Waals surface area contributed by atoms with E-state index in [-0.39, 0.29) is 0 Å². The largest absolute Gasteiger partial charge is 0.337 e. The number of hydrogen-bond donors (Lipinski definition) is 1. The minimum absolute atomic E-state index is 0.700. The molecule has 4 heteroatoms. The van der Waals surface area contributed by atoms with Gasteiger partial charge in [-0.2, -0.15) is 0 Å². The maximum atomic E-state index is 4.08. The molecule has 1 aliphatic heterocycles. The monoisotopic (exact) mass is 312 g/mol. The molecule has 0 atom stereocenters. The van der Waals surface area contributed by atoms with Gasteiger partial charge in [0.2, 0.25) is 0 Å². The molecule has 2 aromatic rings. The van der Waals surface area contributed by atoms with Crippen LogP contribution in [0.2, 0.25) is 0 Å². The maximum absolute atomic E-state index is 4.08. The summed E-state index contributed by atoms with van der Waals surface area (Å²) in [5, 5.41) is 3.72. The number of nitrogens with one attached hydrogen (secondary N) is 1. The predicted octanol–water partition coefficient (Wildman–Crippen LogP) is 2.57. The van der Waals surface area contributed by atoms with E-state index >= 15 is 0 Å². The molecule has 2 heterocycles. The Bertz CT molecular complexity index is 530. The van der Waals surface area contributed by atoms with Crippen molar-refractivity contribution in [3.05, 3.63) is 54.6 Å². The molecule has 23 heavy (non-hydrogen) atoms. The summed E-state index contributed by atoms with van der Waals surface area (Å²) in [6.07, 6.45) is 10.7. The van der Waals surface area contributed by atoms with Crippen molar-refractivity contribution in [2.45, 2.75) is 38.3 Å². The number of imidazole rings is 1. The second-order valence-corrected chi connectivity index (χ2v) is 6.46. The number of aromatic nitrogens is 2. The van der Waals surface area contributed by atoms with Crippen LogP contribution in [0.5, 0.6) is 0 Å². The number of likely N-dealkylation sites (tertiary alicyclic amines) is 1. The highest BCUT2D eigenvalue weighted by molar-refractivity contribution is 5.14. The average molecular weight is 312 g/mol. The van der Waals surface area contributed by atoms with Crippen molar-refractivity contribution in [3.63, 3.8) is 0 Å². The predicted molar refractivity (Wildman–Crippen MR) is 94.5 cm³/mol. The van der Waals surface area contributed by atoms with Crippen LogP contribution in [0.3, 0.4) is 0 Å². The second-order valence-electron chi connectivity index (χ2n) is 6.46. The fourth-order valence-electron chi connectivity index (χ4n) is 3.28. The SMILES string of the molecule is c1ccc(CCN2CCC(NCCCn3ccnc3)CC2)cc1. The fourth-order valence-corrected chi connectivity index (χ4v) is 3.28. The molecular formula is C19H28N4. The van der Waals surface area contributed by atoms with E-state index < -0.39 is 0 Å². The van der Waals surface area contributed by atoms with Crippen LogP contribution in [-0.4, -0.2) is 46.7 Å². The highest BCUT2D eigenvalue weighted by atomic mass is 15.1. The van der Waals surface area contributed by atoms with E-state index in [4.69, 9.17) is 0 Å². The molecule has 1 aromatic heterocycles. The smallest absolute Gasteiger partial charge is 0.0945 e. The molecule has 124 valence electrons. The molecule has 0 radical (unpaired) electrons. The van der Waals surface area contributed by atoms with Gasteiger partial charge in [0.1, 0.15) is 0 Å². The topological polar surface area (TPSA) is 33.1 Å². The van der Waals surface area contributed by atoms with Crippen LogP contribution in [0, 0.1) is 0 Å². The zero-order valence-electron chi connectivity index (χ0n) is 13.9. The first kappa shape index (κ1) is 16.2. The minimum atomic E-state index is 0.700. The first-order valence-corrected chi connectivity index (χ1v) is 8.85. The highest BCUT2D eigenvalue weighted by Crippen LogP contribution is 2.11. The van der Waals surface area contributed by atoms with Gasteiger partial charge in [-0.15, -0.1) is 0 Å². The molecule has 3 rings (SSSR count). The van der Waals surface area contributed by atoms with Crippen molar-refractivity contribution in [2.24, 2.45) is 0 Å². The zero-order valence-corrected chi connectivity index (χ0v) is 13.9. The fraction of sp³-hybridized carbons (Fsp3) is 0.526. The first-order valence-electron chi connectivity index (χ1n) is 8.85. The van der Waals surface area contributed by atoms with Crippen LogP contribution in [0.1, 0.15) is 24.8 Å². The summed E-state index contributed by atoms with van der Waals surface area (Å²) in [6, 6.07) is 11.5. The third-order valence-corrected chi connectivity index (χ3v) is 4.73. The van der Waals surface area contributed by atoms with E-state index in [1.165, 1.54) is 50.9 Å². The van der Waals surface area contributed by atoms with E-state index in [1.54, 1.807) is 0 Å². The Morgan fingerprint density at radius 1 is 1.09 bits per heavy atom. The van der Waals surface area contributed by atoms with Crippen LogP contribution >= 0.6 is 0 Å². The molecule has 1 N–H and O–H groups in total. The standard InChI is InChI=1S/C19H28N4/c1-2-5-18(6-3-1)7-13-22-14-8-19(9-15-22)21-10-4-12-23-16-11-20-17-23/h1-3,5-6,11,16-17,19,21H,4,7-10,12-15H2. The molecule has 1 aromatic carbocycles. The van der Waals surface area contributed by atoms with Gasteiger partial charge in [-0.05, 0) is 50.9 Å². The number of nitrogens with zero attached hydrogens (tertiary/aromatic N) is 3. The maximum Gasteiger partial charge on any atom is 0.0945 e. The lowest BCUT2D eigenvalue weighted by Crippen LogP contribution is -2.43. The lowest BCUT2D eigenvalue weighted by molar-refractivity contribution is 0.199. The lowest BCUT2D eigenvalue weighted by Gasteiger charge is -2.32. The minimum Gasteiger partial charge on any atom is -0.337 e. The lowest BCUT2D eigenvalue weighted by atomic mass is 10.0. The van der Waals surface area contributed by atoms with E-state index in [2.05, 4.69) is 50.1 Å². The molecule has 0 unspecified atom stereocenters. The van der Waals surface area contributed by atoms with Gasteiger partial charge in [0.15, 0.2) is 0 Å². The number of benzene rings is 1. The van der Waals surface area contributed by atoms with Gasteiger partial charge in [0.05, 0.1) is 6.33 Å². The van der Waals surface area contributed by atoms with Gasteiger partial charge < -0.3 is 14.8 Å². The summed E-state index contributed by atoms with van der Waals surface area (Å²) in [4.78, 5) is 6.68. The molecule has 0 aliphatic carbocycles. The second kappa shape index (κ2) is 8.85. The number of hydrogen-bond acceptors (Lipinski definition) is 3. The molecule has 1 saturated heterocycles. The molecule has 1 fully saturated rings. The van der Waals surface area contributed by atoms with Gasteiger partial charge in [0, 0.05) is 31.5 Å². The van der Waals surface area contributed by atoms with Gasteiger partial charge in [-0.25, -0.2) is 4.98 Å². The van der Waals surface area contributed by atoms with E-state index in [1.807, 2.05) is 18.7 Å². The van der Waals surface area contributed by atoms with E-state index in [9.17, 15) is 0 Å². The van der Waals surface area contributed by atoms with Crippen molar-refractivity contribution >= 4 is 0 Å². The zero-order chi connectivity index (χ0) is 15.7. The highest BCUT2D eigenvalue weighted by Gasteiger charge is 2.18. The summed E-state index contributed by atoms with van der Waals surface area (Å²) in [5.74, 6) is 0. The van der Waals surface area contributed by atoms with Crippen LogP contribution in [0.25, 0.3) is 0 Å². The Balaban J connectivity index is 1.26. The molecule has 1 aliphatic rings. The van der Waals surface area contributed by atoms with Crippen LogP contribution in [0.4, 0.5) is 0 Å². The Labute approximate surface area is 139 Å². The van der Waals surface area contributed by atoms with Crippen molar-refractivity contribution in [1.82, 2.24) is 19.8 Å². The van der Waals surface area contributed by atoms with Crippen molar-refractivity contribution in [2.75, 3.05) is 26.2 Å². The summed E-state index contributed by atoms with van der Waals surface area (Å²) in [7, 11) is 0. The van der Waals surface area contributed by atoms with E-state index in [0.29, 0.717) is 6.04 Å². The molecule has 0 amide bonds. The van der Waals surface area contributed by atoms with Crippen molar-refractivity contribution in [3.8, 4) is 0 Å². The molecule has 0 bridgehead atoms.